The van der Waals surface area contributed by atoms with E-state index in [1.807, 2.05) is 39.0 Å². The normalized spacial score (nSPS) is 19.3. The number of carbonyl (C=O) groups is 1. The number of benzene rings is 1. The van der Waals surface area contributed by atoms with Gasteiger partial charge in [-0.25, -0.2) is 0 Å². The van der Waals surface area contributed by atoms with Crippen LogP contribution in [0.25, 0.3) is 0 Å². The summed E-state index contributed by atoms with van der Waals surface area (Å²) in [4.78, 5) is 11.5. The van der Waals surface area contributed by atoms with Crippen LogP contribution in [0.15, 0.2) is 18.2 Å². The van der Waals surface area contributed by atoms with Crippen molar-refractivity contribution in [1.82, 2.24) is 5.32 Å². The van der Waals surface area contributed by atoms with Crippen molar-refractivity contribution < 1.29 is 14.3 Å². The zero-order chi connectivity index (χ0) is 15.5. The predicted octanol–water partition coefficient (Wildman–Crippen LogP) is 2.15. The zero-order valence-corrected chi connectivity index (χ0v) is 12.9. The van der Waals surface area contributed by atoms with Gasteiger partial charge in [0.15, 0.2) is 6.61 Å². The number of nitrogens with one attached hydrogen (secondary N) is 1. The molecular formula is C16H24N2O3. The Morgan fingerprint density at radius 2 is 2.29 bits per heavy atom. The Morgan fingerprint density at radius 3 is 3.00 bits per heavy atom. The molecule has 1 unspecified atom stereocenters. The van der Waals surface area contributed by atoms with Gasteiger partial charge in [-0.2, -0.15) is 0 Å². The van der Waals surface area contributed by atoms with Crippen molar-refractivity contribution in [3.8, 4) is 11.5 Å². The number of hydrogen-bond donors (Lipinski definition) is 2. The van der Waals surface area contributed by atoms with Gasteiger partial charge in [0, 0.05) is 30.6 Å². The van der Waals surface area contributed by atoms with Crippen LogP contribution in [-0.4, -0.2) is 24.7 Å². The van der Waals surface area contributed by atoms with Crippen LogP contribution in [0, 0.1) is 0 Å². The summed E-state index contributed by atoms with van der Waals surface area (Å²) >= 11 is 0. The van der Waals surface area contributed by atoms with E-state index < -0.39 is 0 Å². The average molecular weight is 292 g/mol. The summed E-state index contributed by atoms with van der Waals surface area (Å²) in [6, 6.07) is 5.51. The minimum absolute atomic E-state index is 0.00817. The molecule has 0 saturated carbocycles. The Balaban J connectivity index is 2.02. The monoisotopic (exact) mass is 292 g/mol. The molecule has 1 heterocycles. The molecule has 0 aliphatic carbocycles. The Kier molecular flexibility index (Phi) is 4.73. The topological polar surface area (TPSA) is 73.6 Å². The maximum Gasteiger partial charge on any atom is 0.257 e. The van der Waals surface area contributed by atoms with Crippen LogP contribution in [0.3, 0.4) is 0 Å². The van der Waals surface area contributed by atoms with Gasteiger partial charge in [-0.15, -0.1) is 0 Å². The Bertz CT molecular complexity index is 514. The number of carbonyl (C=O) groups excluding carboxylic acids is 1. The fourth-order valence-corrected chi connectivity index (χ4v) is 2.44. The fourth-order valence-electron chi connectivity index (χ4n) is 2.44. The highest BCUT2D eigenvalue weighted by Gasteiger charge is 2.31. The van der Waals surface area contributed by atoms with Crippen LogP contribution in [0.1, 0.15) is 45.2 Å². The third kappa shape index (κ3) is 4.11. The molecule has 1 aromatic rings. The number of fused-ring (bicyclic) bond motifs is 1. The van der Waals surface area contributed by atoms with Crippen molar-refractivity contribution in [2.75, 3.05) is 13.2 Å². The first-order chi connectivity index (χ1) is 9.91. The van der Waals surface area contributed by atoms with Crippen molar-refractivity contribution in [3.63, 3.8) is 0 Å². The summed E-state index contributed by atoms with van der Waals surface area (Å²) in [5.74, 6) is 1.24. The second-order valence-corrected chi connectivity index (χ2v) is 6.01. The molecule has 1 aliphatic heterocycles. The van der Waals surface area contributed by atoms with E-state index in [-0.39, 0.29) is 24.2 Å². The number of ether oxygens (including phenoxy) is 2. The van der Waals surface area contributed by atoms with Crippen molar-refractivity contribution in [3.05, 3.63) is 23.8 Å². The number of rotatable bonds is 5. The van der Waals surface area contributed by atoms with E-state index in [4.69, 9.17) is 15.2 Å². The summed E-state index contributed by atoms with van der Waals surface area (Å²) in [7, 11) is 0. The van der Waals surface area contributed by atoms with Crippen LogP contribution in [0.2, 0.25) is 0 Å². The first-order valence-electron chi connectivity index (χ1n) is 7.39. The van der Waals surface area contributed by atoms with E-state index in [2.05, 4.69) is 5.32 Å². The Labute approximate surface area is 125 Å². The number of nitrogens with two attached hydrogens (primary N) is 1. The van der Waals surface area contributed by atoms with Gasteiger partial charge in [0.2, 0.25) is 0 Å². The van der Waals surface area contributed by atoms with Gasteiger partial charge in [-0.1, -0.05) is 13.0 Å². The second kappa shape index (κ2) is 6.35. The maximum absolute atomic E-state index is 11.5. The Morgan fingerprint density at radius 1 is 1.52 bits per heavy atom. The van der Waals surface area contributed by atoms with Gasteiger partial charge in [-0.3, -0.25) is 4.79 Å². The molecule has 5 heteroatoms. The van der Waals surface area contributed by atoms with Gasteiger partial charge in [0.05, 0.1) is 0 Å². The SMILES string of the molecule is CCCNC(=O)COc1ccc2c(c1)OC(C)(C)CC2N. The third-order valence-corrected chi connectivity index (χ3v) is 3.42. The van der Waals surface area contributed by atoms with E-state index in [0.29, 0.717) is 12.3 Å². The van der Waals surface area contributed by atoms with E-state index in [0.717, 1.165) is 24.2 Å². The predicted molar refractivity (Wildman–Crippen MR) is 81.5 cm³/mol. The standard InChI is InChI=1S/C16H24N2O3/c1-4-7-18-15(19)10-20-11-5-6-12-13(17)9-16(2,3)21-14(12)8-11/h5-6,8,13H,4,7,9-10,17H2,1-3H3,(H,18,19). The van der Waals surface area contributed by atoms with Crippen LogP contribution in [0.5, 0.6) is 11.5 Å². The molecule has 1 amide bonds. The number of hydrogen-bond acceptors (Lipinski definition) is 4. The molecule has 2 rings (SSSR count). The highest BCUT2D eigenvalue weighted by atomic mass is 16.5. The van der Waals surface area contributed by atoms with Gasteiger partial charge in [-0.05, 0) is 26.3 Å². The van der Waals surface area contributed by atoms with Crippen molar-refractivity contribution in [2.24, 2.45) is 5.73 Å². The van der Waals surface area contributed by atoms with Gasteiger partial charge in [0.25, 0.3) is 5.91 Å². The summed E-state index contributed by atoms with van der Waals surface area (Å²) in [6.45, 7) is 6.71. The summed E-state index contributed by atoms with van der Waals surface area (Å²) < 4.78 is 11.4. The summed E-state index contributed by atoms with van der Waals surface area (Å²) in [5.41, 5.74) is 6.86. The first-order valence-corrected chi connectivity index (χ1v) is 7.39. The molecule has 21 heavy (non-hydrogen) atoms. The molecule has 1 aliphatic rings. The first kappa shape index (κ1) is 15.6. The maximum atomic E-state index is 11.5. The lowest BCUT2D eigenvalue weighted by atomic mass is 9.90. The largest absolute Gasteiger partial charge is 0.487 e. The van der Waals surface area contributed by atoms with Crippen LogP contribution < -0.4 is 20.5 Å². The summed E-state index contributed by atoms with van der Waals surface area (Å²) in [6.07, 6.45) is 1.69. The summed E-state index contributed by atoms with van der Waals surface area (Å²) in [5, 5.41) is 2.77. The van der Waals surface area contributed by atoms with Crippen molar-refractivity contribution in [1.29, 1.82) is 0 Å². The van der Waals surface area contributed by atoms with Crippen molar-refractivity contribution >= 4 is 5.91 Å². The molecule has 5 nitrogen and oxygen atoms in total. The zero-order valence-electron chi connectivity index (χ0n) is 12.9. The molecule has 0 saturated heterocycles. The minimum Gasteiger partial charge on any atom is -0.487 e. The second-order valence-electron chi connectivity index (χ2n) is 6.01. The number of amides is 1. The molecule has 1 atom stereocenters. The smallest absolute Gasteiger partial charge is 0.257 e. The Hall–Kier alpha value is -1.75. The van der Waals surface area contributed by atoms with E-state index in [1.165, 1.54) is 0 Å². The van der Waals surface area contributed by atoms with Crippen molar-refractivity contribution in [2.45, 2.75) is 45.3 Å². The lowest BCUT2D eigenvalue weighted by Crippen LogP contribution is -2.37. The lowest BCUT2D eigenvalue weighted by Gasteiger charge is -2.36. The average Bonchev–Trinajstić information content (AvgIpc) is 2.41. The van der Waals surface area contributed by atoms with E-state index >= 15 is 0 Å². The molecule has 0 bridgehead atoms. The molecule has 3 N–H and O–H groups in total. The molecular weight excluding hydrogens is 268 g/mol. The van der Waals surface area contributed by atoms with Crippen LogP contribution >= 0.6 is 0 Å². The van der Waals surface area contributed by atoms with Crippen LogP contribution in [-0.2, 0) is 4.79 Å². The highest BCUT2D eigenvalue weighted by Crippen LogP contribution is 2.39. The van der Waals surface area contributed by atoms with E-state index in [1.54, 1.807) is 0 Å². The molecule has 1 aromatic carbocycles. The minimum atomic E-state index is -0.288. The molecule has 116 valence electrons. The molecule has 0 aromatic heterocycles. The van der Waals surface area contributed by atoms with Crippen LogP contribution in [0.4, 0.5) is 0 Å². The fraction of sp³-hybridized carbons (Fsp3) is 0.562. The van der Waals surface area contributed by atoms with Gasteiger partial charge < -0.3 is 20.5 Å². The highest BCUT2D eigenvalue weighted by molar-refractivity contribution is 5.77. The van der Waals surface area contributed by atoms with Gasteiger partial charge in [0.1, 0.15) is 17.1 Å². The van der Waals surface area contributed by atoms with E-state index in [9.17, 15) is 4.79 Å². The lowest BCUT2D eigenvalue weighted by molar-refractivity contribution is -0.123. The molecule has 0 fully saturated rings. The molecule has 0 radical (unpaired) electrons. The molecule has 0 spiro atoms. The third-order valence-electron chi connectivity index (χ3n) is 3.42. The quantitative estimate of drug-likeness (QED) is 0.872. The van der Waals surface area contributed by atoms with Gasteiger partial charge >= 0.3 is 0 Å².